The molecule has 0 saturated heterocycles. The summed E-state index contributed by atoms with van der Waals surface area (Å²) in [5.74, 6) is 0.297. The molecule has 2 aromatic heterocycles. The van der Waals surface area contributed by atoms with Crippen molar-refractivity contribution in [2.75, 3.05) is 5.73 Å². The van der Waals surface area contributed by atoms with Gasteiger partial charge in [-0.05, 0) is 6.07 Å². The monoisotopic (exact) mass is 237 g/mol. The first kappa shape index (κ1) is 10.6. The maximum atomic E-state index is 11.5. The average Bonchev–Trinajstić information content (AvgIpc) is 2.87. The van der Waals surface area contributed by atoms with Crippen LogP contribution in [-0.4, -0.2) is 20.7 Å². The van der Waals surface area contributed by atoms with Crippen LogP contribution in [0.2, 0.25) is 0 Å². The number of anilines is 1. The van der Waals surface area contributed by atoms with Crippen LogP contribution in [0.25, 0.3) is 0 Å². The van der Waals surface area contributed by atoms with Crippen molar-refractivity contribution in [2.45, 2.75) is 13.1 Å². The van der Waals surface area contributed by atoms with E-state index in [-0.39, 0.29) is 12.5 Å². The fourth-order valence-corrected chi connectivity index (χ4v) is 1.74. The van der Waals surface area contributed by atoms with Crippen LogP contribution in [0.15, 0.2) is 23.8 Å². The van der Waals surface area contributed by atoms with E-state index in [0.29, 0.717) is 12.4 Å². The number of aromatic nitrogens is 3. The van der Waals surface area contributed by atoms with Gasteiger partial charge in [0.1, 0.15) is 17.4 Å². The van der Waals surface area contributed by atoms with Crippen LogP contribution in [0.4, 0.5) is 5.82 Å². The number of nitrogens with one attached hydrogen (secondary N) is 1. The molecule has 2 rings (SSSR count). The van der Waals surface area contributed by atoms with Gasteiger partial charge in [-0.1, -0.05) is 0 Å². The van der Waals surface area contributed by atoms with Crippen LogP contribution in [0.5, 0.6) is 0 Å². The summed E-state index contributed by atoms with van der Waals surface area (Å²) >= 11 is 1.51. The summed E-state index contributed by atoms with van der Waals surface area (Å²) in [4.78, 5) is 15.5. The van der Waals surface area contributed by atoms with E-state index >= 15 is 0 Å². The summed E-state index contributed by atoms with van der Waals surface area (Å²) in [7, 11) is 0. The van der Waals surface area contributed by atoms with Crippen LogP contribution in [0, 0.1) is 0 Å². The Morgan fingerprint density at radius 3 is 3.12 bits per heavy atom. The second-order valence-electron chi connectivity index (χ2n) is 3.14. The number of nitrogens with two attached hydrogens (primary N) is 1. The number of hydrogen-bond acceptors (Lipinski definition) is 5. The van der Waals surface area contributed by atoms with Crippen LogP contribution in [-0.2, 0) is 17.9 Å². The molecule has 0 radical (unpaired) electrons. The van der Waals surface area contributed by atoms with Gasteiger partial charge in [-0.3, -0.25) is 9.48 Å². The molecule has 84 valence electrons. The molecule has 6 nitrogen and oxygen atoms in total. The molecule has 0 aliphatic heterocycles. The van der Waals surface area contributed by atoms with Crippen LogP contribution >= 0.6 is 11.3 Å². The number of nitrogens with zero attached hydrogens (tertiary/aromatic N) is 3. The highest BCUT2D eigenvalue weighted by Crippen LogP contribution is 2.02. The third kappa shape index (κ3) is 2.80. The Kier molecular flexibility index (Phi) is 3.16. The fraction of sp³-hybridized carbons (Fsp3) is 0.222. The van der Waals surface area contributed by atoms with Crippen LogP contribution in [0.3, 0.4) is 0 Å². The molecule has 0 fully saturated rings. The Morgan fingerprint density at radius 1 is 1.62 bits per heavy atom. The number of nitrogen functional groups attached to an aromatic ring is 1. The molecule has 1 amide bonds. The van der Waals surface area contributed by atoms with E-state index in [1.807, 2.05) is 5.38 Å². The Bertz CT molecular complexity index is 464. The molecule has 16 heavy (non-hydrogen) atoms. The van der Waals surface area contributed by atoms with Gasteiger partial charge in [0, 0.05) is 17.8 Å². The van der Waals surface area contributed by atoms with Gasteiger partial charge in [0.25, 0.3) is 0 Å². The average molecular weight is 237 g/mol. The van der Waals surface area contributed by atoms with Crippen molar-refractivity contribution >= 4 is 23.1 Å². The minimum absolute atomic E-state index is 0.113. The number of rotatable bonds is 4. The number of hydrogen-bond donors (Lipinski definition) is 2. The highest BCUT2D eigenvalue weighted by molar-refractivity contribution is 7.09. The lowest BCUT2D eigenvalue weighted by Gasteiger charge is -2.02. The van der Waals surface area contributed by atoms with Gasteiger partial charge in [-0.2, -0.15) is 5.10 Å². The summed E-state index contributed by atoms with van der Waals surface area (Å²) in [6, 6.07) is 1.65. The summed E-state index contributed by atoms with van der Waals surface area (Å²) in [6.45, 7) is 0.621. The molecule has 0 bridgehead atoms. The summed E-state index contributed by atoms with van der Waals surface area (Å²) in [5, 5.41) is 9.42. The molecule has 7 heteroatoms. The third-order valence-electron chi connectivity index (χ3n) is 1.89. The second-order valence-corrected chi connectivity index (χ2v) is 4.12. The molecule has 0 aliphatic rings. The van der Waals surface area contributed by atoms with E-state index in [1.54, 1.807) is 18.5 Å². The van der Waals surface area contributed by atoms with Gasteiger partial charge in [-0.25, -0.2) is 4.98 Å². The Balaban J connectivity index is 1.81. The second kappa shape index (κ2) is 4.75. The van der Waals surface area contributed by atoms with Gasteiger partial charge < -0.3 is 11.1 Å². The molecule has 0 atom stereocenters. The maximum Gasteiger partial charge on any atom is 0.242 e. The van der Waals surface area contributed by atoms with E-state index in [4.69, 9.17) is 5.73 Å². The number of carbonyl (C=O) groups is 1. The molecule has 0 aliphatic carbocycles. The predicted molar refractivity (Wildman–Crippen MR) is 60.6 cm³/mol. The fourth-order valence-electron chi connectivity index (χ4n) is 1.18. The quantitative estimate of drug-likeness (QED) is 0.797. The van der Waals surface area contributed by atoms with Gasteiger partial charge in [0.2, 0.25) is 5.91 Å². The van der Waals surface area contributed by atoms with Gasteiger partial charge in [-0.15, -0.1) is 11.3 Å². The maximum absolute atomic E-state index is 11.5. The molecule has 0 saturated carbocycles. The number of carbonyl (C=O) groups excluding carboxylic acids is 1. The molecule has 0 spiro atoms. The third-order valence-corrected chi connectivity index (χ3v) is 2.67. The van der Waals surface area contributed by atoms with Crippen molar-refractivity contribution in [1.82, 2.24) is 20.1 Å². The lowest BCUT2D eigenvalue weighted by molar-refractivity contribution is -0.122. The Morgan fingerprint density at radius 2 is 2.50 bits per heavy atom. The largest absolute Gasteiger partial charge is 0.382 e. The number of thiazole rings is 1. The summed E-state index contributed by atoms with van der Waals surface area (Å²) < 4.78 is 1.49. The molecule has 2 aromatic rings. The van der Waals surface area contributed by atoms with Crippen molar-refractivity contribution in [3.8, 4) is 0 Å². The normalized spacial score (nSPS) is 10.2. The Labute approximate surface area is 96.1 Å². The first-order chi connectivity index (χ1) is 7.74. The van der Waals surface area contributed by atoms with Gasteiger partial charge in [0.15, 0.2) is 0 Å². The van der Waals surface area contributed by atoms with E-state index < -0.39 is 0 Å². The van der Waals surface area contributed by atoms with Gasteiger partial charge >= 0.3 is 0 Å². The topological polar surface area (TPSA) is 85.8 Å². The number of amides is 1. The minimum atomic E-state index is -0.113. The van der Waals surface area contributed by atoms with E-state index in [2.05, 4.69) is 15.4 Å². The highest BCUT2D eigenvalue weighted by Gasteiger charge is 2.04. The van der Waals surface area contributed by atoms with Crippen LogP contribution < -0.4 is 11.1 Å². The first-order valence-electron chi connectivity index (χ1n) is 4.68. The predicted octanol–water partition coefficient (Wildman–Crippen LogP) is 0.238. The molecule has 2 heterocycles. The van der Waals surface area contributed by atoms with Crippen LogP contribution in [0.1, 0.15) is 5.01 Å². The molecule has 0 aromatic carbocycles. The SMILES string of the molecule is Nc1ccn(CC(=O)NCc2nccs2)n1. The van der Waals surface area contributed by atoms with Crippen molar-refractivity contribution in [3.63, 3.8) is 0 Å². The first-order valence-corrected chi connectivity index (χ1v) is 5.56. The molecular weight excluding hydrogens is 226 g/mol. The lowest BCUT2D eigenvalue weighted by atomic mass is 10.5. The van der Waals surface area contributed by atoms with Crippen molar-refractivity contribution < 1.29 is 4.79 Å². The van der Waals surface area contributed by atoms with E-state index in [9.17, 15) is 4.79 Å². The highest BCUT2D eigenvalue weighted by atomic mass is 32.1. The standard InChI is InChI=1S/C9H11N5OS/c10-7-1-3-14(13-7)6-8(15)12-5-9-11-2-4-16-9/h1-4H,5-6H2,(H2,10,13)(H,12,15). The molecule has 3 N–H and O–H groups in total. The van der Waals surface area contributed by atoms with Crippen molar-refractivity contribution in [2.24, 2.45) is 0 Å². The van der Waals surface area contributed by atoms with Crippen molar-refractivity contribution in [3.05, 3.63) is 28.8 Å². The molecule has 0 unspecified atom stereocenters. The van der Waals surface area contributed by atoms with E-state index in [1.165, 1.54) is 16.0 Å². The summed E-state index contributed by atoms with van der Waals surface area (Å²) in [5.41, 5.74) is 5.43. The summed E-state index contributed by atoms with van der Waals surface area (Å²) in [6.07, 6.45) is 3.37. The zero-order valence-electron chi connectivity index (χ0n) is 8.46. The molecular formula is C9H11N5OS. The zero-order valence-corrected chi connectivity index (χ0v) is 9.28. The van der Waals surface area contributed by atoms with Crippen molar-refractivity contribution in [1.29, 1.82) is 0 Å². The Hall–Kier alpha value is -1.89. The van der Waals surface area contributed by atoms with Gasteiger partial charge in [0.05, 0.1) is 6.54 Å². The minimum Gasteiger partial charge on any atom is -0.382 e. The lowest BCUT2D eigenvalue weighted by Crippen LogP contribution is -2.27. The zero-order chi connectivity index (χ0) is 11.4. The van der Waals surface area contributed by atoms with E-state index in [0.717, 1.165) is 5.01 Å². The smallest absolute Gasteiger partial charge is 0.242 e.